The van der Waals surface area contributed by atoms with Crippen LogP contribution in [0.25, 0.3) is 0 Å². The van der Waals surface area contributed by atoms with Crippen LogP contribution in [0.5, 0.6) is 0 Å². The first-order valence-electron chi connectivity index (χ1n) is 2.41. The lowest BCUT2D eigenvalue weighted by Gasteiger charge is -2.02. The molecule has 0 unspecified atom stereocenters. The van der Waals surface area contributed by atoms with E-state index < -0.39 is 21.0 Å². The Morgan fingerprint density at radius 1 is 1.58 bits per heavy atom. The molecule has 3 nitrogen and oxygen atoms in total. The first kappa shape index (κ1) is 11.4. The summed E-state index contributed by atoms with van der Waals surface area (Å²) in [5, 5.41) is 9.78. The molecular weight excluding hydrogens is 215 g/mol. The Morgan fingerprint density at radius 2 is 2.00 bits per heavy atom. The van der Waals surface area contributed by atoms with E-state index in [4.69, 9.17) is 0 Å². The summed E-state index contributed by atoms with van der Waals surface area (Å²) in [5.41, 5.74) is 0. The molecule has 0 aliphatic heterocycles. The summed E-state index contributed by atoms with van der Waals surface area (Å²) < 4.78 is 34.9. The van der Waals surface area contributed by atoms with E-state index in [1.165, 1.54) is 0 Å². The van der Waals surface area contributed by atoms with Crippen LogP contribution in [0.4, 0.5) is 13.2 Å². The van der Waals surface area contributed by atoms with Gasteiger partial charge in [-0.15, -0.1) is 12.6 Å². The number of thiol groups is 1. The topological polar surface area (TPSA) is 43.1 Å². The van der Waals surface area contributed by atoms with Crippen molar-refractivity contribution < 1.29 is 18.1 Å². The number of allylic oxidation sites excluding steroid dienone is 1. The van der Waals surface area contributed by atoms with Gasteiger partial charge >= 0.3 is 11.2 Å². The van der Waals surface area contributed by atoms with Crippen molar-refractivity contribution in [1.82, 2.24) is 0 Å². The van der Waals surface area contributed by atoms with Gasteiger partial charge in [-0.1, -0.05) is 0 Å². The van der Waals surface area contributed by atoms with Crippen molar-refractivity contribution in [1.29, 1.82) is 0 Å². The number of rotatable bonds is 1. The molecule has 0 rings (SSSR count). The molecule has 68 valence electrons. The number of alkyl halides is 3. The van der Waals surface area contributed by atoms with E-state index in [1.807, 2.05) is 0 Å². The number of hydrogen-bond acceptors (Lipinski definition) is 4. The molecule has 0 aromatic heterocycles. The fourth-order valence-corrected chi connectivity index (χ4v) is 0.579. The fraction of sp³-hybridized carbons (Fsp3) is 0.250. The van der Waals surface area contributed by atoms with E-state index in [1.54, 1.807) is 0 Å². The summed E-state index contributed by atoms with van der Waals surface area (Å²) in [5.74, 6) is 0. The van der Waals surface area contributed by atoms with Crippen LogP contribution in [-0.2, 0) is 0 Å². The number of thiocarbonyl (C=S) groups is 1. The van der Waals surface area contributed by atoms with Crippen molar-refractivity contribution in [3.8, 4) is 0 Å². The molecule has 0 fully saturated rings. The van der Waals surface area contributed by atoms with Crippen molar-refractivity contribution >= 4 is 29.8 Å². The molecule has 0 radical (unpaired) electrons. The standard InChI is InChI=1S/C4H2F3NO2S2/c5-4(6,7)2(11)1-3(12)8(9)10/h1,11H/b2-1+. The van der Waals surface area contributed by atoms with Gasteiger partial charge in [0.05, 0.1) is 9.83 Å². The molecule has 0 saturated heterocycles. The van der Waals surface area contributed by atoms with Gasteiger partial charge in [0.15, 0.2) is 0 Å². The van der Waals surface area contributed by atoms with Gasteiger partial charge in [0.25, 0.3) is 0 Å². The van der Waals surface area contributed by atoms with E-state index in [2.05, 4.69) is 24.8 Å². The highest BCUT2D eigenvalue weighted by Gasteiger charge is 2.32. The van der Waals surface area contributed by atoms with Gasteiger partial charge in [-0.05, 0) is 0 Å². The molecule has 0 aliphatic carbocycles. The minimum absolute atomic E-state index is 0.179. The van der Waals surface area contributed by atoms with Crippen molar-refractivity contribution in [3.05, 3.63) is 21.1 Å². The normalized spacial score (nSPS) is 12.8. The maximum absolute atomic E-state index is 11.6. The molecule has 0 aliphatic rings. The van der Waals surface area contributed by atoms with Gasteiger partial charge in [0.2, 0.25) is 0 Å². The van der Waals surface area contributed by atoms with Crippen LogP contribution >= 0.6 is 24.8 Å². The van der Waals surface area contributed by atoms with Gasteiger partial charge in [0, 0.05) is 18.3 Å². The average Bonchev–Trinajstić information content (AvgIpc) is 1.85. The Bertz CT molecular complexity index is 247. The van der Waals surface area contributed by atoms with Crippen LogP contribution in [-0.4, -0.2) is 16.1 Å². The minimum atomic E-state index is -4.69. The number of halogens is 3. The highest BCUT2D eigenvalue weighted by Crippen LogP contribution is 2.27. The Labute approximate surface area is 75.8 Å². The summed E-state index contributed by atoms with van der Waals surface area (Å²) >= 11 is 6.99. The highest BCUT2D eigenvalue weighted by molar-refractivity contribution is 7.85. The zero-order valence-corrected chi connectivity index (χ0v) is 7.04. The van der Waals surface area contributed by atoms with Crippen LogP contribution in [0.15, 0.2) is 11.0 Å². The minimum Gasteiger partial charge on any atom is -0.258 e. The van der Waals surface area contributed by atoms with Gasteiger partial charge in [0.1, 0.15) is 0 Å². The third-order valence-corrected chi connectivity index (χ3v) is 1.38. The van der Waals surface area contributed by atoms with Crippen LogP contribution < -0.4 is 0 Å². The maximum atomic E-state index is 11.6. The Balaban J connectivity index is 4.59. The molecule has 0 N–H and O–H groups in total. The van der Waals surface area contributed by atoms with E-state index in [-0.39, 0.29) is 6.08 Å². The molecule has 8 heteroatoms. The summed E-state index contributed by atoms with van der Waals surface area (Å²) in [7, 11) is 0. The van der Waals surface area contributed by atoms with Crippen molar-refractivity contribution in [2.24, 2.45) is 0 Å². The van der Waals surface area contributed by atoms with Gasteiger partial charge in [-0.25, -0.2) is 0 Å². The summed E-state index contributed by atoms with van der Waals surface area (Å²) in [4.78, 5) is 6.28. The summed E-state index contributed by atoms with van der Waals surface area (Å²) in [6.07, 6.45) is -4.51. The van der Waals surface area contributed by atoms with Crippen molar-refractivity contribution in [3.63, 3.8) is 0 Å². The van der Waals surface area contributed by atoms with Gasteiger partial charge in [-0.3, -0.25) is 10.1 Å². The lowest BCUT2D eigenvalue weighted by molar-refractivity contribution is -0.343. The summed E-state index contributed by atoms with van der Waals surface area (Å²) in [6.45, 7) is 0. The van der Waals surface area contributed by atoms with Crippen LogP contribution in [0.2, 0.25) is 0 Å². The Morgan fingerprint density at radius 3 is 2.25 bits per heavy atom. The predicted octanol–water partition coefficient (Wildman–Crippen LogP) is 1.97. The maximum Gasteiger partial charge on any atom is 0.422 e. The largest absolute Gasteiger partial charge is 0.422 e. The zero-order valence-electron chi connectivity index (χ0n) is 5.33. The first-order chi connectivity index (χ1) is 5.25. The number of nitrogens with zero attached hydrogens (tertiary/aromatic N) is 1. The number of hydrogen-bond donors (Lipinski definition) is 1. The second-order valence-electron chi connectivity index (χ2n) is 1.62. The van der Waals surface area contributed by atoms with E-state index in [9.17, 15) is 23.3 Å². The SMILES string of the molecule is O=[N+]([O-])C(=S)/C=C(/S)C(F)(F)F. The lowest BCUT2D eigenvalue weighted by Crippen LogP contribution is -2.12. The second-order valence-corrected chi connectivity index (χ2v) is 2.52. The lowest BCUT2D eigenvalue weighted by atomic mass is 10.5. The van der Waals surface area contributed by atoms with Crippen molar-refractivity contribution in [2.75, 3.05) is 0 Å². The molecule has 0 spiro atoms. The van der Waals surface area contributed by atoms with Gasteiger partial charge in [-0.2, -0.15) is 13.2 Å². The molecule has 0 amide bonds. The molecule has 0 aromatic carbocycles. The van der Waals surface area contributed by atoms with E-state index in [0.717, 1.165) is 0 Å². The molecule has 0 heterocycles. The smallest absolute Gasteiger partial charge is 0.258 e. The van der Waals surface area contributed by atoms with Crippen LogP contribution in [0.1, 0.15) is 0 Å². The van der Waals surface area contributed by atoms with Crippen LogP contribution in [0.3, 0.4) is 0 Å². The Kier molecular flexibility index (Phi) is 3.65. The second kappa shape index (κ2) is 3.85. The average molecular weight is 217 g/mol. The quantitative estimate of drug-likeness (QED) is 0.240. The molecule has 0 aromatic rings. The zero-order chi connectivity index (χ0) is 9.94. The molecule has 0 bridgehead atoms. The van der Waals surface area contributed by atoms with Crippen molar-refractivity contribution in [2.45, 2.75) is 6.18 Å². The molecular formula is C4H2F3NO2S2. The fourth-order valence-electron chi connectivity index (χ4n) is 0.251. The monoisotopic (exact) mass is 217 g/mol. The number of nitro groups is 1. The molecule has 12 heavy (non-hydrogen) atoms. The Hall–Kier alpha value is -0.630. The third kappa shape index (κ3) is 3.67. The highest BCUT2D eigenvalue weighted by atomic mass is 32.1. The van der Waals surface area contributed by atoms with Gasteiger partial charge < -0.3 is 0 Å². The van der Waals surface area contributed by atoms with E-state index >= 15 is 0 Å². The predicted molar refractivity (Wildman–Crippen MR) is 42.7 cm³/mol. The molecule has 0 atom stereocenters. The van der Waals surface area contributed by atoms with Crippen LogP contribution in [0, 0.1) is 10.1 Å². The molecule has 0 saturated carbocycles. The summed E-state index contributed by atoms with van der Waals surface area (Å²) in [6, 6.07) is 0. The first-order valence-corrected chi connectivity index (χ1v) is 3.27. The third-order valence-electron chi connectivity index (χ3n) is 0.731. The van der Waals surface area contributed by atoms with E-state index in [0.29, 0.717) is 0 Å².